The number of rotatable bonds is 3. The first-order chi connectivity index (χ1) is 15.2. The highest BCUT2D eigenvalue weighted by molar-refractivity contribution is 5.94. The van der Waals surface area contributed by atoms with Crippen molar-refractivity contribution in [1.29, 1.82) is 0 Å². The van der Waals surface area contributed by atoms with Crippen LogP contribution in [0.2, 0.25) is 0 Å². The summed E-state index contributed by atoms with van der Waals surface area (Å²) in [4.78, 5) is 26.2. The summed E-state index contributed by atoms with van der Waals surface area (Å²) in [6.07, 6.45) is 0.951. The molecular weight excluding hydrogens is 425 g/mol. The first kappa shape index (κ1) is 20.4. The second-order valence-electron chi connectivity index (χ2n) is 8.28. The predicted molar refractivity (Wildman–Crippen MR) is 113 cm³/mol. The number of carbonyl (C=O) groups is 1. The molecule has 0 saturated carbocycles. The summed E-state index contributed by atoms with van der Waals surface area (Å²) in [5.41, 5.74) is 3.75. The fraction of sp³-hybridized carbons (Fsp3) is 0.273. The number of halogens is 3. The van der Waals surface area contributed by atoms with Crippen molar-refractivity contribution in [2.24, 2.45) is 11.8 Å². The van der Waals surface area contributed by atoms with E-state index in [1.165, 1.54) is 6.07 Å². The van der Waals surface area contributed by atoms with Crippen LogP contribution in [0.5, 0.6) is 0 Å². The number of hydrogen-bond acceptors (Lipinski definition) is 5. The number of benzene rings is 2. The largest absolute Gasteiger partial charge is 0.477 e. The molecule has 32 heavy (non-hydrogen) atoms. The second kappa shape index (κ2) is 7.27. The molecule has 4 N–H and O–H groups in total. The number of aromatic nitrogens is 1. The number of carboxylic acids is 1. The minimum Gasteiger partial charge on any atom is -0.477 e. The van der Waals surface area contributed by atoms with Gasteiger partial charge in [-0.3, -0.25) is 4.79 Å². The number of carboxylic acid groups (broad SMARTS) is 1. The molecule has 2 aliphatic rings. The summed E-state index contributed by atoms with van der Waals surface area (Å²) in [5, 5.41) is 12.5. The highest BCUT2D eigenvalue weighted by Crippen LogP contribution is 2.34. The van der Waals surface area contributed by atoms with Crippen LogP contribution in [0.3, 0.4) is 0 Å². The zero-order chi connectivity index (χ0) is 22.7. The molecular formula is C22H19F3N4O3. The summed E-state index contributed by atoms with van der Waals surface area (Å²) in [5.74, 6) is -3.46. The average molecular weight is 444 g/mol. The topological polar surface area (TPSA) is 101 Å². The van der Waals surface area contributed by atoms with Gasteiger partial charge >= 0.3 is 5.97 Å². The van der Waals surface area contributed by atoms with Crippen molar-refractivity contribution in [2.75, 3.05) is 36.8 Å². The maximum atomic E-state index is 15.1. The van der Waals surface area contributed by atoms with Crippen molar-refractivity contribution in [3.63, 3.8) is 0 Å². The number of pyridine rings is 1. The Morgan fingerprint density at radius 3 is 2.31 bits per heavy atom. The number of anilines is 2. The van der Waals surface area contributed by atoms with E-state index in [4.69, 9.17) is 5.73 Å². The van der Waals surface area contributed by atoms with Gasteiger partial charge in [0, 0.05) is 43.8 Å². The van der Waals surface area contributed by atoms with Crippen LogP contribution in [0.1, 0.15) is 10.4 Å². The van der Waals surface area contributed by atoms with Crippen LogP contribution in [0.15, 0.2) is 35.3 Å². The lowest BCUT2D eigenvalue weighted by Gasteiger charge is -2.22. The third-order valence-electron chi connectivity index (χ3n) is 6.36. The standard InChI is InChI=1S/C22H19F3N4O3/c23-14-2-16(25)20(3-17(14)26)29-9-13(22(31)32)21(30)12-1-15(24)19(4-18(12)29)28-7-10-5-27-6-11(10)8-28/h1-4,9-11,27H,5-8,26H2,(H,31,32). The maximum Gasteiger partial charge on any atom is 0.341 e. The van der Waals surface area contributed by atoms with Gasteiger partial charge in [0.05, 0.1) is 22.6 Å². The minimum absolute atomic E-state index is 0.0940. The van der Waals surface area contributed by atoms with Gasteiger partial charge in [0.25, 0.3) is 0 Å². The second-order valence-corrected chi connectivity index (χ2v) is 8.28. The van der Waals surface area contributed by atoms with Crippen molar-refractivity contribution in [1.82, 2.24) is 9.88 Å². The van der Waals surface area contributed by atoms with Gasteiger partial charge in [0.15, 0.2) is 0 Å². The third-order valence-corrected chi connectivity index (χ3v) is 6.36. The van der Waals surface area contributed by atoms with E-state index in [0.29, 0.717) is 31.0 Å². The van der Waals surface area contributed by atoms with E-state index in [-0.39, 0.29) is 28.0 Å². The smallest absolute Gasteiger partial charge is 0.341 e. The van der Waals surface area contributed by atoms with Gasteiger partial charge in [-0.25, -0.2) is 18.0 Å². The average Bonchev–Trinajstić information content (AvgIpc) is 3.33. The zero-order valence-corrected chi connectivity index (χ0v) is 16.7. The first-order valence-corrected chi connectivity index (χ1v) is 10.1. The number of nitrogens with one attached hydrogen (secondary N) is 1. The molecule has 0 bridgehead atoms. The summed E-state index contributed by atoms with van der Waals surface area (Å²) in [7, 11) is 0. The lowest BCUT2D eigenvalue weighted by molar-refractivity contribution is 0.0695. The normalized spacial score (nSPS) is 20.2. The number of nitrogen functional groups attached to an aromatic ring is 1. The van der Waals surface area contributed by atoms with Gasteiger partial charge in [-0.05, 0) is 30.0 Å². The van der Waals surface area contributed by atoms with Gasteiger partial charge < -0.3 is 25.6 Å². The summed E-state index contributed by atoms with van der Waals surface area (Å²) >= 11 is 0. The van der Waals surface area contributed by atoms with Crippen LogP contribution in [0.4, 0.5) is 24.5 Å². The molecule has 2 aliphatic heterocycles. The van der Waals surface area contributed by atoms with Gasteiger partial charge in [0.1, 0.15) is 23.0 Å². The molecule has 3 aromatic rings. The lowest BCUT2D eigenvalue weighted by Crippen LogP contribution is -2.26. The summed E-state index contributed by atoms with van der Waals surface area (Å²) < 4.78 is 44.6. The fourth-order valence-electron chi connectivity index (χ4n) is 4.72. The molecule has 0 radical (unpaired) electrons. The Kier molecular flexibility index (Phi) is 4.63. The molecule has 2 saturated heterocycles. The molecule has 1 aromatic heterocycles. The monoisotopic (exact) mass is 444 g/mol. The number of aromatic carboxylic acids is 1. The SMILES string of the molecule is Nc1cc(-n2cc(C(=O)O)c(=O)c3cc(F)c(N4CC5CNCC5C4)cc32)c(F)cc1F. The van der Waals surface area contributed by atoms with E-state index in [9.17, 15) is 23.5 Å². The predicted octanol–water partition coefficient (Wildman–Crippen LogP) is 2.34. The Bertz CT molecular complexity index is 1330. The van der Waals surface area contributed by atoms with E-state index in [1.54, 1.807) is 0 Å². The van der Waals surface area contributed by atoms with Gasteiger partial charge in [-0.2, -0.15) is 0 Å². The molecule has 2 atom stereocenters. The van der Waals surface area contributed by atoms with Gasteiger partial charge in [0.2, 0.25) is 5.43 Å². The van der Waals surface area contributed by atoms with Crippen molar-refractivity contribution in [3.05, 3.63) is 63.7 Å². The molecule has 7 nitrogen and oxygen atoms in total. The van der Waals surface area contributed by atoms with Crippen LogP contribution in [-0.4, -0.2) is 41.8 Å². The molecule has 0 spiro atoms. The van der Waals surface area contributed by atoms with Gasteiger partial charge in [-0.1, -0.05) is 0 Å². The fourth-order valence-corrected chi connectivity index (χ4v) is 4.72. The van der Waals surface area contributed by atoms with Crippen LogP contribution in [-0.2, 0) is 0 Å². The first-order valence-electron chi connectivity index (χ1n) is 10.1. The van der Waals surface area contributed by atoms with Crippen molar-refractivity contribution in [3.8, 4) is 5.69 Å². The summed E-state index contributed by atoms with van der Waals surface area (Å²) in [6.45, 7) is 2.91. The van der Waals surface area contributed by atoms with Crippen LogP contribution in [0.25, 0.3) is 16.6 Å². The number of nitrogens with zero attached hydrogens (tertiary/aromatic N) is 2. The molecule has 166 valence electrons. The Labute approximate surface area is 179 Å². The number of hydrogen-bond donors (Lipinski definition) is 3. The number of nitrogens with two attached hydrogens (primary N) is 1. The highest BCUT2D eigenvalue weighted by Gasteiger charge is 2.37. The Balaban J connectivity index is 1.77. The summed E-state index contributed by atoms with van der Waals surface area (Å²) in [6, 6.07) is 3.97. The maximum absolute atomic E-state index is 15.1. The molecule has 2 aromatic carbocycles. The van der Waals surface area contributed by atoms with Crippen LogP contribution in [0, 0.1) is 29.3 Å². The zero-order valence-electron chi connectivity index (χ0n) is 16.7. The molecule has 2 fully saturated rings. The van der Waals surface area contributed by atoms with E-state index in [0.717, 1.165) is 36.0 Å². The molecule has 2 unspecified atom stereocenters. The third kappa shape index (κ3) is 3.10. The Hall–Kier alpha value is -3.53. The van der Waals surface area contributed by atoms with Crippen LogP contribution >= 0.6 is 0 Å². The molecule has 0 aliphatic carbocycles. The Morgan fingerprint density at radius 1 is 1.00 bits per heavy atom. The van der Waals surface area contributed by atoms with E-state index in [1.807, 2.05) is 4.90 Å². The van der Waals surface area contributed by atoms with E-state index in [2.05, 4.69) is 5.32 Å². The van der Waals surface area contributed by atoms with E-state index < -0.39 is 34.4 Å². The van der Waals surface area contributed by atoms with Crippen molar-refractivity contribution >= 4 is 28.2 Å². The van der Waals surface area contributed by atoms with Crippen LogP contribution < -0.4 is 21.4 Å². The minimum atomic E-state index is -1.55. The van der Waals surface area contributed by atoms with E-state index >= 15 is 4.39 Å². The van der Waals surface area contributed by atoms with Gasteiger partial charge in [-0.15, -0.1) is 0 Å². The van der Waals surface area contributed by atoms with Crippen molar-refractivity contribution < 1.29 is 23.1 Å². The quantitative estimate of drug-likeness (QED) is 0.537. The van der Waals surface area contributed by atoms with Crippen molar-refractivity contribution in [2.45, 2.75) is 0 Å². The lowest BCUT2D eigenvalue weighted by atomic mass is 10.0. The molecule has 0 amide bonds. The number of fused-ring (bicyclic) bond motifs is 2. The molecule has 5 rings (SSSR count). The molecule has 10 heteroatoms. The molecule has 3 heterocycles. The highest BCUT2D eigenvalue weighted by atomic mass is 19.1. The Morgan fingerprint density at radius 2 is 1.66 bits per heavy atom.